The predicted molar refractivity (Wildman–Crippen MR) is 95.9 cm³/mol. The Kier molecular flexibility index (Phi) is 4.48. The number of esters is 1. The molecule has 0 amide bonds. The maximum atomic E-state index is 13.0. The first-order valence-corrected chi connectivity index (χ1v) is 8.42. The van der Waals surface area contributed by atoms with Gasteiger partial charge in [-0.2, -0.15) is 4.68 Å². The first-order valence-electron chi connectivity index (χ1n) is 8.42. The van der Waals surface area contributed by atoms with Gasteiger partial charge in [0.1, 0.15) is 24.6 Å². The summed E-state index contributed by atoms with van der Waals surface area (Å²) in [4.78, 5) is 28.4. The molecule has 8 nitrogen and oxygen atoms in total. The lowest BCUT2D eigenvalue weighted by Gasteiger charge is -2.01. The van der Waals surface area contributed by atoms with Crippen molar-refractivity contribution in [1.29, 1.82) is 0 Å². The van der Waals surface area contributed by atoms with Crippen molar-refractivity contribution in [2.45, 2.75) is 20.1 Å². The molecule has 3 heterocycles. The number of aryl methyl sites for hydroxylation is 1. The van der Waals surface area contributed by atoms with Gasteiger partial charge in [-0.3, -0.25) is 4.79 Å². The Morgan fingerprint density at radius 2 is 2.04 bits per heavy atom. The van der Waals surface area contributed by atoms with Crippen molar-refractivity contribution in [2.75, 3.05) is 0 Å². The van der Waals surface area contributed by atoms with E-state index in [4.69, 9.17) is 9.15 Å². The third kappa shape index (κ3) is 3.54. The number of carbonyl (C=O) groups excluding carboxylic acids is 1. The smallest absolute Gasteiger partial charge is 0.437 e. The number of hydrogen-bond acceptors (Lipinski definition) is 6. The molecular formula is C19H15FN4O4. The quantitative estimate of drug-likeness (QED) is 0.492. The normalized spacial score (nSPS) is 11.1. The zero-order valence-electron chi connectivity index (χ0n) is 14.8. The molecule has 1 aromatic carbocycles. The molecule has 4 rings (SSSR count). The van der Waals surface area contributed by atoms with Gasteiger partial charge in [-0.05, 0) is 42.8 Å². The van der Waals surface area contributed by atoms with Crippen molar-refractivity contribution < 1.29 is 18.3 Å². The summed E-state index contributed by atoms with van der Waals surface area (Å²) in [5.74, 6) is -1.89. The molecule has 0 radical (unpaired) electrons. The van der Waals surface area contributed by atoms with Crippen molar-refractivity contribution in [1.82, 2.24) is 19.2 Å². The Morgan fingerprint density at radius 3 is 2.79 bits per heavy atom. The van der Waals surface area contributed by atoms with Gasteiger partial charge in [0.25, 0.3) is 0 Å². The lowest BCUT2D eigenvalue weighted by molar-refractivity contribution is -0.146. The van der Waals surface area contributed by atoms with Crippen LogP contribution in [0.15, 0.2) is 58.0 Å². The Labute approximate surface area is 157 Å². The van der Waals surface area contributed by atoms with Crippen molar-refractivity contribution >= 4 is 11.6 Å². The summed E-state index contributed by atoms with van der Waals surface area (Å²) in [5, 5.41) is 3.95. The molecular weight excluding hydrogens is 367 g/mol. The number of nitrogens with zero attached hydrogens (tertiary/aromatic N) is 4. The number of fused-ring (bicyclic) bond motifs is 1. The van der Waals surface area contributed by atoms with E-state index in [-0.39, 0.29) is 12.5 Å². The number of halogens is 1. The Bertz CT molecular complexity index is 1210. The van der Waals surface area contributed by atoms with E-state index in [0.29, 0.717) is 11.3 Å². The van der Waals surface area contributed by atoms with E-state index >= 15 is 0 Å². The highest BCUT2D eigenvalue weighted by Crippen LogP contribution is 2.15. The molecule has 0 aliphatic rings. The van der Waals surface area contributed by atoms with E-state index in [1.165, 1.54) is 24.3 Å². The maximum absolute atomic E-state index is 13.0. The first kappa shape index (κ1) is 17.7. The van der Waals surface area contributed by atoms with Crippen LogP contribution in [0.2, 0.25) is 0 Å². The minimum absolute atomic E-state index is 0.00590. The molecule has 28 heavy (non-hydrogen) atoms. The van der Waals surface area contributed by atoms with Gasteiger partial charge in [0.05, 0.1) is 5.69 Å². The molecule has 9 heteroatoms. The second-order valence-corrected chi connectivity index (χ2v) is 6.15. The standard InChI is InChI=1S/C19H15FN4O4/c1-12-3-2-8-23-9-15(21-17(12)23)11-27-16(25)10-24-19(26)28-18(22-24)13-4-6-14(20)7-5-13/h2-9H,10-11H2,1H3. The summed E-state index contributed by atoms with van der Waals surface area (Å²) in [6.45, 7) is 1.50. The average Bonchev–Trinajstić information content (AvgIpc) is 3.25. The second kappa shape index (κ2) is 7.10. The van der Waals surface area contributed by atoms with E-state index in [1.807, 2.05) is 29.7 Å². The van der Waals surface area contributed by atoms with Gasteiger partial charge in [0.15, 0.2) is 0 Å². The number of hydrogen-bond donors (Lipinski definition) is 0. The molecule has 0 unspecified atom stereocenters. The molecule has 0 saturated heterocycles. The lowest BCUT2D eigenvalue weighted by atomic mass is 10.2. The summed E-state index contributed by atoms with van der Waals surface area (Å²) < 4.78 is 25.9. The van der Waals surface area contributed by atoms with Crippen LogP contribution in [0.1, 0.15) is 11.3 Å². The van der Waals surface area contributed by atoms with Crippen LogP contribution in [-0.2, 0) is 22.7 Å². The Balaban J connectivity index is 1.42. The monoisotopic (exact) mass is 382 g/mol. The van der Waals surface area contributed by atoms with Gasteiger partial charge in [0.2, 0.25) is 5.89 Å². The van der Waals surface area contributed by atoms with Crippen LogP contribution in [0.3, 0.4) is 0 Å². The minimum atomic E-state index is -0.806. The van der Waals surface area contributed by atoms with Crippen molar-refractivity contribution in [3.05, 3.63) is 76.4 Å². The van der Waals surface area contributed by atoms with Crippen LogP contribution in [0.4, 0.5) is 4.39 Å². The third-order valence-corrected chi connectivity index (χ3v) is 4.09. The maximum Gasteiger partial charge on any atom is 0.437 e. The van der Waals surface area contributed by atoms with Gasteiger partial charge < -0.3 is 13.6 Å². The minimum Gasteiger partial charge on any atom is -0.458 e. The first-order chi connectivity index (χ1) is 13.5. The number of ether oxygens (including phenoxy) is 1. The SMILES string of the molecule is Cc1cccn2cc(COC(=O)Cn3nc(-c4ccc(F)cc4)oc3=O)nc12. The van der Waals surface area contributed by atoms with E-state index in [0.717, 1.165) is 15.9 Å². The molecule has 0 spiro atoms. The Hall–Kier alpha value is -3.75. The van der Waals surface area contributed by atoms with Gasteiger partial charge in [-0.15, -0.1) is 5.10 Å². The molecule has 142 valence electrons. The fraction of sp³-hybridized carbons (Fsp3) is 0.158. The van der Waals surface area contributed by atoms with Gasteiger partial charge in [-0.25, -0.2) is 14.2 Å². The number of pyridine rings is 1. The van der Waals surface area contributed by atoms with Crippen LogP contribution >= 0.6 is 0 Å². The average molecular weight is 382 g/mol. The number of rotatable bonds is 5. The van der Waals surface area contributed by atoms with E-state index < -0.39 is 24.1 Å². The third-order valence-electron chi connectivity index (χ3n) is 4.09. The van der Waals surface area contributed by atoms with E-state index in [9.17, 15) is 14.0 Å². The zero-order chi connectivity index (χ0) is 19.7. The molecule has 0 fully saturated rings. The predicted octanol–water partition coefficient (Wildman–Crippen LogP) is 2.34. The summed E-state index contributed by atoms with van der Waals surface area (Å²) in [7, 11) is 0. The molecule has 3 aromatic heterocycles. The summed E-state index contributed by atoms with van der Waals surface area (Å²) >= 11 is 0. The fourth-order valence-electron chi connectivity index (χ4n) is 2.71. The number of imidazole rings is 1. The number of benzene rings is 1. The van der Waals surface area contributed by atoms with Crippen LogP contribution in [0.5, 0.6) is 0 Å². The molecule has 0 saturated carbocycles. The van der Waals surface area contributed by atoms with E-state index in [1.54, 1.807) is 6.20 Å². The Morgan fingerprint density at radius 1 is 1.25 bits per heavy atom. The largest absolute Gasteiger partial charge is 0.458 e. The van der Waals surface area contributed by atoms with E-state index in [2.05, 4.69) is 10.1 Å². The van der Waals surface area contributed by atoms with Gasteiger partial charge in [0, 0.05) is 18.0 Å². The highest BCUT2D eigenvalue weighted by atomic mass is 19.1. The molecule has 0 atom stereocenters. The number of aromatic nitrogens is 4. The van der Waals surface area contributed by atoms with Crippen LogP contribution < -0.4 is 5.76 Å². The molecule has 0 N–H and O–H groups in total. The number of carbonyl (C=O) groups is 1. The van der Waals surface area contributed by atoms with Crippen molar-refractivity contribution in [3.63, 3.8) is 0 Å². The van der Waals surface area contributed by atoms with Crippen molar-refractivity contribution in [2.24, 2.45) is 0 Å². The molecule has 0 aliphatic heterocycles. The van der Waals surface area contributed by atoms with Gasteiger partial charge in [-0.1, -0.05) is 6.07 Å². The second-order valence-electron chi connectivity index (χ2n) is 6.15. The highest BCUT2D eigenvalue weighted by Gasteiger charge is 2.15. The summed E-state index contributed by atoms with van der Waals surface area (Å²) in [6.07, 6.45) is 3.62. The van der Waals surface area contributed by atoms with Crippen LogP contribution in [0.25, 0.3) is 17.1 Å². The van der Waals surface area contributed by atoms with Crippen LogP contribution in [0, 0.1) is 12.7 Å². The lowest BCUT2D eigenvalue weighted by Crippen LogP contribution is -2.23. The highest BCUT2D eigenvalue weighted by molar-refractivity contribution is 5.69. The summed E-state index contributed by atoms with van der Waals surface area (Å²) in [6, 6.07) is 9.13. The summed E-state index contributed by atoms with van der Waals surface area (Å²) in [5.41, 5.74) is 2.79. The fourth-order valence-corrected chi connectivity index (χ4v) is 2.71. The molecule has 4 aromatic rings. The zero-order valence-corrected chi connectivity index (χ0v) is 14.8. The molecule has 0 bridgehead atoms. The van der Waals surface area contributed by atoms with Crippen molar-refractivity contribution in [3.8, 4) is 11.5 Å². The van der Waals surface area contributed by atoms with Gasteiger partial charge >= 0.3 is 11.7 Å². The molecule has 0 aliphatic carbocycles. The van der Waals surface area contributed by atoms with Crippen LogP contribution in [-0.4, -0.2) is 25.1 Å². The topological polar surface area (TPSA) is 91.6 Å².